The maximum absolute atomic E-state index is 6.13. The molecule has 2 aliphatic heterocycles. The number of hydrogen-bond acceptors (Lipinski definition) is 0. The molecule has 0 bridgehead atoms. The molecule has 2 aromatic carbocycles. The van der Waals surface area contributed by atoms with Crippen LogP contribution in [0.1, 0.15) is 24.0 Å². The Hall–Kier alpha value is -1.39. The van der Waals surface area contributed by atoms with Crippen molar-refractivity contribution < 1.29 is 14.7 Å². The third kappa shape index (κ3) is 5.32. The average Bonchev–Trinajstić information content (AvgIpc) is 2.70. The van der Waals surface area contributed by atoms with Gasteiger partial charge in [-0.2, -0.15) is 0 Å². The maximum Gasteiger partial charge on any atom is 0.127 e. The van der Waals surface area contributed by atoms with Crippen LogP contribution in [-0.2, 0) is 13.1 Å². The standard InChI is InChI=1S/C23H30ClN3/c24-22-8-4-7-21(17-22)19-26-13-15-27(16-14-26)23-9-11-25(12-10-23)18-20-5-2-1-3-6-20/h1-8,17,23H,9-16,18-19H2/p+3. The van der Waals surface area contributed by atoms with Crippen LogP contribution in [0.15, 0.2) is 54.6 Å². The lowest BCUT2D eigenvalue weighted by molar-refractivity contribution is -1.04. The fourth-order valence-electron chi connectivity index (χ4n) is 4.94. The zero-order valence-corrected chi connectivity index (χ0v) is 17.0. The minimum atomic E-state index is 0.862. The molecule has 2 heterocycles. The van der Waals surface area contributed by atoms with E-state index in [0.29, 0.717) is 0 Å². The van der Waals surface area contributed by atoms with Crippen LogP contribution < -0.4 is 14.7 Å². The van der Waals surface area contributed by atoms with Gasteiger partial charge in [-0.1, -0.05) is 54.1 Å². The van der Waals surface area contributed by atoms with E-state index in [9.17, 15) is 0 Å². The van der Waals surface area contributed by atoms with E-state index in [4.69, 9.17) is 11.6 Å². The van der Waals surface area contributed by atoms with Crippen molar-refractivity contribution in [2.45, 2.75) is 32.0 Å². The van der Waals surface area contributed by atoms with E-state index in [-0.39, 0.29) is 0 Å². The van der Waals surface area contributed by atoms with Gasteiger partial charge in [0.2, 0.25) is 0 Å². The van der Waals surface area contributed by atoms with E-state index in [1.807, 2.05) is 11.0 Å². The lowest BCUT2D eigenvalue weighted by Crippen LogP contribution is -3.30. The zero-order chi connectivity index (χ0) is 18.5. The smallest absolute Gasteiger partial charge is 0.127 e. The van der Waals surface area contributed by atoms with E-state index in [1.54, 1.807) is 9.80 Å². The van der Waals surface area contributed by atoms with Gasteiger partial charge in [0, 0.05) is 29.0 Å². The van der Waals surface area contributed by atoms with Gasteiger partial charge in [-0.3, -0.25) is 0 Å². The van der Waals surface area contributed by atoms with Gasteiger partial charge in [0.1, 0.15) is 39.3 Å². The Morgan fingerprint density at radius 2 is 1.33 bits per heavy atom. The molecule has 27 heavy (non-hydrogen) atoms. The highest BCUT2D eigenvalue weighted by atomic mass is 35.5. The number of piperidine rings is 1. The lowest BCUT2D eigenvalue weighted by Gasteiger charge is -2.37. The number of rotatable bonds is 5. The summed E-state index contributed by atoms with van der Waals surface area (Å²) in [6.45, 7) is 10.2. The molecule has 3 nitrogen and oxygen atoms in total. The number of hydrogen-bond donors (Lipinski definition) is 3. The Bertz CT molecular complexity index is 705. The molecule has 0 aliphatic carbocycles. The molecule has 144 valence electrons. The molecule has 0 spiro atoms. The summed E-state index contributed by atoms with van der Waals surface area (Å²) in [5.74, 6) is 0. The molecule has 2 saturated heterocycles. The molecule has 4 rings (SSSR count). The molecule has 0 amide bonds. The van der Waals surface area contributed by atoms with Gasteiger partial charge < -0.3 is 14.7 Å². The predicted molar refractivity (Wildman–Crippen MR) is 110 cm³/mol. The van der Waals surface area contributed by atoms with Crippen molar-refractivity contribution in [1.29, 1.82) is 0 Å². The molecule has 0 atom stereocenters. The van der Waals surface area contributed by atoms with Gasteiger partial charge >= 0.3 is 0 Å². The van der Waals surface area contributed by atoms with Crippen molar-refractivity contribution in [2.24, 2.45) is 0 Å². The molecule has 2 fully saturated rings. The van der Waals surface area contributed by atoms with Crippen LogP contribution in [0.2, 0.25) is 5.02 Å². The van der Waals surface area contributed by atoms with Gasteiger partial charge in [-0.25, -0.2) is 0 Å². The second-order valence-electron chi connectivity index (χ2n) is 8.40. The number of piperazine rings is 1. The Balaban J connectivity index is 1.20. The predicted octanol–water partition coefficient (Wildman–Crippen LogP) is -0.129. The van der Waals surface area contributed by atoms with Crippen LogP contribution in [0, 0.1) is 0 Å². The fourth-order valence-corrected chi connectivity index (χ4v) is 5.15. The summed E-state index contributed by atoms with van der Waals surface area (Å²) in [4.78, 5) is 5.35. The van der Waals surface area contributed by atoms with Crippen LogP contribution in [0.25, 0.3) is 0 Å². The van der Waals surface area contributed by atoms with Crippen LogP contribution in [-0.4, -0.2) is 45.3 Å². The van der Waals surface area contributed by atoms with Crippen molar-refractivity contribution in [3.63, 3.8) is 0 Å². The van der Waals surface area contributed by atoms with Crippen LogP contribution in [0.3, 0.4) is 0 Å². The van der Waals surface area contributed by atoms with E-state index in [0.717, 1.165) is 17.6 Å². The molecular formula is C23H33ClN3+3. The highest BCUT2D eigenvalue weighted by Crippen LogP contribution is 2.09. The van der Waals surface area contributed by atoms with Crippen LogP contribution in [0.5, 0.6) is 0 Å². The third-order valence-corrected chi connectivity index (χ3v) is 6.74. The first-order chi connectivity index (χ1) is 13.3. The van der Waals surface area contributed by atoms with Gasteiger partial charge in [0.15, 0.2) is 0 Å². The molecule has 4 heteroatoms. The minimum absolute atomic E-state index is 0.862. The Morgan fingerprint density at radius 3 is 2.04 bits per heavy atom. The van der Waals surface area contributed by atoms with Gasteiger partial charge in [-0.05, 0) is 12.1 Å². The molecule has 3 N–H and O–H groups in total. The second-order valence-corrected chi connectivity index (χ2v) is 8.84. The van der Waals surface area contributed by atoms with Crippen molar-refractivity contribution in [1.82, 2.24) is 0 Å². The van der Waals surface area contributed by atoms with Crippen LogP contribution >= 0.6 is 11.6 Å². The summed E-state index contributed by atoms with van der Waals surface area (Å²) < 4.78 is 0. The topological polar surface area (TPSA) is 13.3 Å². The number of quaternary nitrogens is 3. The van der Waals surface area contributed by atoms with Gasteiger partial charge in [0.05, 0.1) is 19.1 Å². The molecule has 0 unspecified atom stereocenters. The monoisotopic (exact) mass is 386 g/mol. The summed E-state index contributed by atoms with van der Waals surface area (Å²) in [5.41, 5.74) is 2.86. The van der Waals surface area contributed by atoms with E-state index in [1.165, 1.54) is 69.8 Å². The number of benzene rings is 2. The van der Waals surface area contributed by atoms with Crippen molar-refractivity contribution in [2.75, 3.05) is 39.3 Å². The van der Waals surface area contributed by atoms with E-state index in [2.05, 4.69) is 48.5 Å². The summed E-state index contributed by atoms with van der Waals surface area (Å²) in [6.07, 6.45) is 2.78. The molecule has 0 saturated carbocycles. The molecule has 0 radical (unpaired) electrons. The SMILES string of the molecule is Clc1cccc(C[NH+]2CC[NH+](C3CC[NH+](Cc4ccccc4)CC3)CC2)c1. The Labute approximate surface area is 168 Å². The summed E-state index contributed by atoms with van der Waals surface area (Å²) >= 11 is 6.13. The second kappa shape index (κ2) is 9.20. The average molecular weight is 387 g/mol. The van der Waals surface area contributed by atoms with Crippen molar-refractivity contribution in [3.05, 3.63) is 70.7 Å². The normalized spacial score (nSPS) is 28.8. The Kier molecular flexibility index (Phi) is 6.46. The van der Waals surface area contributed by atoms with Gasteiger partial charge in [-0.15, -0.1) is 0 Å². The largest absolute Gasteiger partial charge is 0.331 e. The highest BCUT2D eigenvalue weighted by Gasteiger charge is 2.33. The van der Waals surface area contributed by atoms with Crippen LogP contribution in [0.4, 0.5) is 0 Å². The summed E-state index contributed by atoms with van der Waals surface area (Å²) in [5, 5.41) is 0.862. The first-order valence-corrected chi connectivity index (χ1v) is 10.9. The number of halogens is 1. The quantitative estimate of drug-likeness (QED) is 0.634. The first kappa shape index (κ1) is 18.9. The molecule has 0 aromatic heterocycles. The van der Waals surface area contributed by atoms with Crippen molar-refractivity contribution in [3.8, 4) is 0 Å². The zero-order valence-electron chi connectivity index (χ0n) is 16.2. The maximum atomic E-state index is 6.13. The number of likely N-dealkylation sites (tertiary alicyclic amines) is 1. The lowest BCUT2D eigenvalue weighted by atomic mass is 10.0. The number of nitrogens with one attached hydrogen (secondary N) is 3. The molecular weight excluding hydrogens is 354 g/mol. The minimum Gasteiger partial charge on any atom is -0.331 e. The highest BCUT2D eigenvalue weighted by molar-refractivity contribution is 6.30. The summed E-state index contributed by atoms with van der Waals surface area (Å²) in [7, 11) is 0. The molecule has 2 aromatic rings. The van der Waals surface area contributed by atoms with E-state index < -0.39 is 0 Å². The van der Waals surface area contributed by atoms with Crippen molar-refractivity contribution >= 4 is 11.6 Å². The van der Waals surface area contributed by atoms with Gasteiger partial charge in [0.25, 0.3) is 0 Å². The van der Waals surface area contributed by atoms with E-state index >= 15 is 0 Å². The first-order valence-electron chi connectivity index (χ1n) is 10.6. The summed E-state index contributed by atoms with van der Waals surface area (Å²) in [6, 6.07) is 20.2. The Morgan fingerprint density at radius 1 is 0.704 bits per heavy atom. The third-order valence-electron chi connectivity index (χ3n) is 6.51. The fraction of sp³-hybridized carbons (Fsp3) is 0.478. The molecule has 2 aliphatic rings.